The number of methoxy groups -OCH3 is 1. The Morgan fingerprint density at radius 3 is 2.77 bits per heavy atom. The smallest absolute Gasteiger partial charge is 0.360 e. The normalized spacial score (nSPS) is 16.8. The van der Waals surface area contributed by atoms with E-state index < -0.39 is 5.97 Å². The van der Waals surface area contributed by atoms with E-state index in [1.807, 2.05) is 6.08 Å². The number of carbonyl (C=O) groups is 1. The van der Waals surface area contributed by atoms with Crippen molar-refractivity contribution in [1.82, 2.24) is 0 Å². The Morgan fingerprint density at radius 1 is 1.54 bits per heavy atom. The summed E-state index contributed by atoms with van der Waals surface area (Å²) in [6.45, 7) is 0. The lowest BCUT2D eigenvalue weighted by molar-refractivity contribution is -0.132. The van der Waals surface area contributed by atoms with Crippen LogP contribution in [0.1, 0.15) is 19.3 Å². The van der Waals surface area contributed by atoms with E-state index in [0.29, 0.717) is 5.71 Å². The number of oxime groups is 1. The van der Waals surface area contributed by atoms with Crippen LogP contribution in [0.5, 0.6) is 0 Å². The molecule has 0 aromatic heterocycles. The van der Waals surface area contributed by atoms with Crippen molar-refractivity contribution in [2.75, 3.05) is 14.2 Å². The monoisotopic (exact) mass is 183 g/mol. The quantitative estimate of drug-likeness (QED) is 0.376. The Hall–Kier alpha value is -1.32. The van der Waals surface area contributed by atoms with Gasteiger partial charge in [0.2, 0.25) is 0 Å². The Balaban J connectivity index is 2.79. The second-order valence-electron chi connectivity index (χ2n) is 2.74. The summed E-state index contributed by atoms with van der Waals surface area (Å²) in [6, 6.07) is 0. The molecular formula is C9H13NO3. The van der Waals surface area contributed by atoms with Gasteiger partial charge in [0.05, 0.1) is 7.11 Å². The van der Waals surface area contributed by atoms with Crippen molar-refractivity contribution in [3.05, 3.63) is 11.6 Å². The maximum absolute atomic E-state index is 11.2. The summed E-state index contributed by atoms with van der Waals surface area (Å²) in [4.78, 5) is 15.8. The van der Waals surface area contributed by atoms with E-state index in [1.54, 1.807) is 0 Å². The lowest BCUT2D eigenvalue weighted by Gasteiger charge is -2.03. The fourth-order valence-electron chi connectivity index (χ4n) is 1.30. The van der Waals surface area contributed by atoms with E-state index in [0.717, 1.165) is 24.8 Å². The molecule has 0 spiro atoms. The summed E-state index contributed by atoms with van der Waals surface area (Å²) in [5.74, 6) is -0.435. The number of carbonyl (C=O) groups excluding carboxylic acids is 1. The van der Waals surface area contributed by atoms with Gasteiger partial charge in [0.1, 0.15) is 7.11 Å². The third kappa shape index (κ3) is 2.31. The number of esters is 1. The minimum absolute atomic E-state index is 0.294. The van der Waals surface area contributed by atoms with Crippen molar-refractivity contribution in [2.24, 2.45) is 5.16 Å². The molecule has 72 valence electrons. The first-order chi connectivity index (χ1) is 6.29. The molecule has 0 heterocycles. The van der Waals surface area contributed by atoms with E-state index in [-0.39, 0.29) is 0 Å². The average molecular weight is 183 g/mol. The molecule has 0 aromatic rings. The number of rotatable bonds is 3. The van der Waals surface area contributed by atoms with Gasteiger partial charge in [-0.05, 0) is 24.8 Å². The highest BCUT2D eigenvalue weighted by atomic mass is 16.6. The summed E-state index contributed by atoms with van der Waals surface area (Å²) < 4.78 is 4.59. The molecule has 1 rings (SSSR count). The van der Waals surface area contributed by atoms with Crippen LogP contribution in [0.4, 0.5) is 0 Å². The first-order valence-electron chi connectivity index (χ1n) is 4.18. The zero-order valence-electron chi connectivity index (χ0n) is 7.87. The van der Waals surface area contributed by atoms with Crippen molar-refractivity contribution in [3.63, 3.8) is 0 Å². The molecule has 0 amide bonds. The predicted octanol–water partition coefficient (Wildman–Crippen LogP) is 1.27. The molecule has 0 saturated carbocycles. The van der Waals surface area contributed by atoms with Gasteiger partial charge in [-0.25, -0.2) is 4.79 Å². The van der Waals surface area contributed by atoms with Crippen molar-refractivity contribution < 1.29 is 14.4 Å². The highest BCUT2D eigenvalue weighted by Crippen LogP contribution is 2.19. The van der Waals surface area contributed by atoms with Crippen LogP contribution in [0.15, 0.2) is 16.8 Å². The van der Waals surface area contributed by atoms with Crippen LogP contribution in [0.25, 0.3) is 0 Å². The fraction of sp³-hybridized carbons (Fsp3) is 0.556. The molecule has 0 N–H and O–H groups in total. The minimum Gasteiger partial charge on any atom is -0.464 e. The molecule has 4 heteroatoms. The molecule has 0 aromatic carbocycles. The number of ether oxygens (including phenoxy) is 1. The molecule has 1 aliphatic rings. The number of allylic oxidation sites excluding steroid dienone is 1. The Kier molecular flexibility index (Phi) is 3.49. The van der Waals surface area contributed by atoms with Crippen LogP contribution in [-0.2, 0) is 14.4 Å². The van der Waals surface area contributed by atoms with Gasteiger partial charge >= 0.3 is 5.97 Å². The van der Waals surface area contributed by atoms with Gasteiger partial charge in [-0.3, -0.25) is 0 Å². The minimum atomic E-state index is -0.435. The lowest BCUT2D eigenvalue weighted by atomic mass is 10.1. The van der Waals surface area contributed by atoms with E-state index in [2.05, 4.69) is 14.7 Å². The summed E-state index contributed by atoms with van der Waals surface area (Å²) >= 11 is 0. The number of hydrogen-bond donors (Lipinski definition) is 0. The van der Waals surface area contributed by atoms with Gasteiger partial charge in [-0.15, -0.1) is 0 Å². The van der Waals surface area contributed by atoms with Gasteiger partial charge in [-0.2, -0.15) is 0 Å². The van der Waals surface area contributed by atoms with Gasteiger partial charge in [-0.1, -0.05) is 11.2 Å². The van der Waals surface area contributed by atoms with E-state index in [1.165, 1.54) is 14.2 Å². The summed E-state index contributed by atoms with van der Waals surface area (Å²) in [7, 11) is 2.75. The summed E-state index contributed by atoms with van der Waals surface area (Å²) in [6.07, 6.45) is 4.93. The fourth-order valence-corrected chi connectivity index (χ4v) is 1.30. The van der Waals surface area contributed by atoms with Crippen LogP contribution in [0.2, 0.25) is 0 Å². The average Bonchev–Trinajstić information content (AvgIpc) is 2.65. The third-order valence-corrected chi connectivity index (χ3v) is 1.91. The van der Waals surface area contributed by atoms with E-state index >= 15 is 0 Å². The second-order valence-corrected chi connectivity index (χ2v) is 2.74. The molecule has 4 nitrogen and oxygen atoms in total. The van der Waals surface area contributed by atoms with Crippen LogP contribution in [0, 0.1) is 0 Å². The molecule has 0 atom stereocenters. The summed E-state index contributed by atoms with van der Waals surface area (Å²) in [5, 5.41) is 3.65. The lowest BCUT2D eigenvalue weighted by Crippen LogP contribution is -2.17. The molecule has 1 aliphatic carbocycles. The van der Waals surface area contributed by atoms with Gasteiger partial charge in [0, 0.05) is 0 Å². The highest BCUT2D eigenvalue weighted by Gasteiger charge is 2.20. The first kappa shape index (κ1) is 9.77. The molecule has 0 radical (unpaired) electrons. The topological polar surface area (TPSA) is 47.9 Å². The van der Waals surface area contributed by atoms with Gasteiger partial charge < -0.3 is 9.57 Å². The highest BCUT2D eigenvalue weighted by molar-refractivity contribution is 6.43. The molecule has 0 saturated heterocycles. The molecule has 0 fully saturated rings. The molecule has 0 aliphatic heterocycles. The van der Waals surface area contributed by atoms with Crippen molar-refractivity contribution in [2.45, 2.75) is 19.3 Å². The van der Waals surface area contributed by atoms with Crippen molar-refractivity contribution >= 4 is 11.7 Å². The Bertz CT molecular complexity index is 256. The van der Waals surface area contributed by atoms with Crippen LogP contribution < -0.4 is 0 Å². The Labute approximate surface area is 77.2 Å². The maximum atomic E-state index is 11.2. The predicted molar refractivity (Wildman–Crippen MR) is 48.4 cm³/mol. The number of hydrogen-bond acceptors (Lipinski definition) is 4. The van der Waals surface area contributed by atoms with Gasteiger partial charge in [0.25, 0.3) is 0 Å². The van der Waals surface area contributed by atoms with Crippen LogP contribution in [-0.4, -0.2) is 25.9 Å². The summed E-state index contributed by atoms with van der Waals surface area (Å²) in [5.41, 5.74) is 1.22. The molecule has 0 unspecified atom stereocenters. The van der Waals surface area contributed by atoms with E-state index in [4.69, 9.17) is 0 Å². The zero-order valence-corrected chi connectivity index (χ0v) is 7.87. The maximum Gasteiger partial charge on any atom is 0.360 e. The second kappa shape index (κ2) is 4.64. The standard InChI is InChI=1S/C9H13NO3/c1-12-9(11)8(10-13-2)7-5-3-4-6-7/h5H,3-4,6H2,1-2H3/b10-8-. The molecule has 13 heavy (non-hydrogen) atoms. The van der Waals surface area contributed by atoms with Gasteiger partial charge in [0.15, 0.2) is 5.71 Å². The number of nitrogens with zero attached hydrogens (tertiary/aromatic N) is 1. The SMILES string of the molecule is CO/N=C(\C(=O)OC)C1=CCCC1. The molecule has 0 bridgehead atoms. The first-order valence-corrected chi connectivity index (χ1v) is 4.18. The van der Waals surface area contributed by atoms with E-state index in [9.17, 15) is 4.79 Å². The Morgan fingerprint density at radius 2 is 2.31 bits per heavy atom. The van der Waals surface area contributed by atoms with Crippen LogP contribution >= 0.6 is 0 Å². The van der Waals surface area contributed by atoms with Crippen molar-refractivity contribution in [3.8, 4) is 0 Å². The van der Waals surface area contributed by atoms with Crippen LogP contribution in [0.3, 0.4) is 0 Å². The molecular weight excluding hydrogens is 170 g/mol. The zero-order chi connectivity index (χ0) is 9.68. The largest absolute Gasteiger partial charge is 0.464 e. The van der Waals surface area contributed by atoms with Crippen molar-refractivity contribution in [1.29, 1.82) is 0 Å². The third-order valence-electron chi connectivity index (χ3n) is 1.91.